The zero-order valence-electron chi connectivity index (χ0n) is 12.9. The summed E-state index contributed by atoms with van der Waals surface area (Å²) in [6, 6.07) is 7.92. The number of benzene rings is 1. The van der Waals surface area contributed by atoms with Crippen LogP contribution < -0.4 is 16.0 Å². The molecule has 1 aliphatic rings. The normalized spacial score (nSPS) is 15.3. The Labute approximate surface area is 153 Å². The molecule has 1 aromatic heterocycles. The topological polar surface area (TPSA) is 104 Å². The Kier molecular flexibility index (Phi) is 5.03. The summed E-state index contributed by atoms with van der Waals surface area (Å²) in [5, 5.41) is 12.3. The van der Waals surface area contributed by atoms with Gasteiger partial charge in [0.05, 0.1) is 5.92 Å². The van der Waals surface area contributed by atoms with Gasteiger partial charge in [-0.05, 0) is 59.7 Å². The van der Waals surface area contributed by atoms with E-state index in [0.717, 1.165) is 9.26 Å². The first-order chi connectivity index (χ1) is 11.5. The van der Waals surface area contributed by atoms with Gasteiger partial charge < -0.3 is 21.1 Å². The molecule has 1 fully saturated rings. The minimum Gasteiger partial charge on any atom is -0.481 e. The molecule has 1 saturated heterocycles. The Hall–Kier alpha value is -2.10. The van der Waals surface area contributed by atoms with Gasteiger partial charge in [0, 0.05) is 22.3 Å². The summed E-state index contributed by atoms with van der Waals surface area (Å²) in [7, 11) is 0. The van der Waals surface area contributed by atoms with Crippen LogP contribution in [-0.2, 0) is 4.79 Å². The standard InChI is InChI=1S/C16H18IN5O2/c17-11-1-3-12(4-2-11)21-14-13(18)15(20-9-19-14)22-7-5-10(6-8-22)16(23)24/h1-4,9-10H,5-8,18H2,(H,23,24)(H,19,20,21). The van der Waals surface area contributed by atoms with Gasteiger partial charge in [-0.25, -0.2) is 9.97 Å². The van der Waals surface area contributed by atoms with Gasteiger partial charge in [0.15, 0.2) is 11.6 Å². The molecule has 0 spiro atoms. The number of carbonyl (C=O) groups is 1. The number of hydrogen-bond donors (Lipinski definition) is 3. The quantitative estimate of drug-likeness (QED) is 0.630. The first-order valence-corrected chi connectivity index (χ1v) is 8.73. The van der Waals surface area contributed by atoms with Crippen molar-refractivity contribution in [3.63, 3.8) is 0 Å². The predicted molar refractivity (Wildman–Crippen MR) is 101 cm³/mol. The first kappa shape index (κ1) is 16.7. The number of aliphatic carboxylic acids is 1. The number of aromatic nitrogens is 2. The van der Waals surface area contributed by atoms with E-state index in [-0.39, 0.29) is 5.92 Å². The molecule has 0 saturated carbocycles. The molecule has 3 rings (SSSR count). The second kappa shape index (κ2) is 7.20. The van der Waals surface area contributed by atoms with Crippen LogP contribution in [0.1, 0.15) is 12.8 Å². The van der Waals surface area contributed by atoms with Gasteiger partial charge >= 0.3 is 5.97 Å². The van der Waals surface area contributed by atoms with Crippen molar-refractivity contribution in [2.24, 2.45) is 5.92 Å². The number of anilines is 4. The molecule has 0 atom stereocenters. The molecule has 1 aliphatic heterocycles. The summed E-state index contributed by atoms with van der Waals surface area (Å²) < 4.78 is 1.15. The number of nitrogens with one attached hydrogen (secondary N) is 1. The van der Waals surface area contributed by atoms with E-state index in [9.17, 15) is 4.79 Å². The summed E-state index contributed by atoms with van der Waals surface area (Å²) in [5.41, 5.74) is 7.62. The number of rotatable bonds is 4. The molecule has 0 aliphatic carbocycles. The Morgan fingerprint density at radius 2 is 1.92 bits per heavy atom. The highest BCUT2D eigenvalue weighted by molar-refractivity contribution is 14.1. The molecule has 8 heteroatoms. The van der Waals surface area contributed by atoms with Gasteiger partial charge in [-0.15, -0.1) is 0 Å². The largest absolute Gasteiger partial charge is 0.481 e. The third kappa shape index (κ3) is 3.69. The average Bonchev–Trinajstić information content (AvgIpc) is 2.59. The number of carboxylic acids is 1. The van der Waals surface area contributed by atoms with Gasteiger partial charge in [0.25, 0.3) is 0 Å². The zero-order valence-corrected chi connectivity index (χ0v) is 15.1. The van der Waals surface area contributed by atoms with Gasteiger partial charge in [-0.1, -0.05) is 0 Å². The van der Waals surface area contributed by atoms with Crippen molar-refractivity contribution < 1.29 is 9.90 Å². The van der Waals surface area contributed by atoms with E-state index in [2.05, 4.69) is 37.9 Å². The molecule has 1 aromatic carbocycles. The van der Waals surface area contributed by atoms with E-state index in [0.29, 0.717) is 43.3 Å². The van der Waals surface area contributed by atoms with Crippen molar-refractivity contribution in [1.82, 2.24) is 9.97 Å². The van der Waals surface area contributed by atoms with Gasteiger partial charge in [-0.2, -0.15) is 0 Å². The van der Waals surface area contributed by atoms with Crippen LogP contribution in [-0.4, -0.2) is 34.1 Å². The monoisotopic (exact) mass is 439 g/mol. The maximum atomic E-state index is 11.1. The SMILES string of the molecule is Nc1c(Nc2ccc(I)cc2)ncnc1N1CCC(C(=O)O)CC1. The molecule has 0 amide bonds. The van der Waals surface area contributed by atoms with Crippen LogP contribution in [0.25, 0.3) is 0 Å². The maximum Gasteiger partial charge on any atom is 0.306 e. The van der Waals surface area contributed by atoms with E-state index in [1.54, 1.807) is 0 Å². The van der Waals surface area contributed by atoms with E-state index in [4.69, 9.17) is 10.8 Å². The van der Waals surface area contributed by atoms with E-state index in [1.165, 1.54) is 6.33 Å². The molecule has 0 unspecified atom stereocenters. The number of carboxylic acid groups (broad SMARTS) is 1. The second-order valence-electron chi connectivity index (χ2n) is 5.69. The lowest BCUT2D eigenvalue weighted by Crippen LogP contribution is -2.37. The maximum absolute atomic E-state index is 11.1. The number of piperidine rings is 1. The van der Waals surface area contributed by atoms with E-state index in [1.807, 2.05) is 29.2 Å². The highest BCUT2D eigenvalue weighted by Crippen LogP contribution is 2.31. The Bertz CT molecular complexity index is 730. The molecule has 2 heterocycles. The van der Waals surface area contributed by atoms with Crippen LogP contribution in [0.3, 0.4) is 0 Å². The summed E-state index contributed by atoms with van der Waals surface area (Å²) in [6.45, 7) is 1.25. The lowest BCUT2D eigenvalue weighted by molar-refractivity contribution is -0.142. The molecule has 0 bridgehead atoms. The summed E-state index contributed by atoms with van der Waals surface area (Å²) in [6.07, 6.45) is 2.67. The number of nitrogens with zero attached hydrogens (tertiary/aromatic N) is 3. The molecule has 7 nitrogen and oxygen atoms in total. The third-order valence-electron chi connectivity index (χ3n) is 4.11. The highest BCUT2D eigenvalue weighted by Gasteiger charge is 2.26. The van der Waals surface area contributed by atoms with Crippen LogP contribution in [0.15, 0.2) is 30.6 Å². The second-order valence-corrected chi connectivity index (χ2v) is 6.94. The van der Waals surface area contributed by atoms with Gasteiger partial charge in [-0.3, -0.25) is 4.79 Å². The van der Waals surface area contributed by atoms with Crippen molar-refractivity contribution in [3.8, 4) is 0 Å². The minimum atomic E-state index is -0.730. The highest BCUT2D eigenvalue weighted by atomic mass is 127. The molecule has 24 heavy (non-hydrogen) atoms. The lowest BCUT2D eigenvalue weighted by atomic mass is 9.97. The fourth-order valence-electron chi connectivity index (χ4n) is 2.75. The van der Waals surface area contributed by atoms with Crippen LogP contribution >= 0.6 is 22.6 Å². The number of nitrogen functional groups attached to an aromatic ring is 1. The summed E-state index contributed by atoms with van der Waals surface area (Å²) >= 11 is 2.25. The van der Waals surface area contributed by atoms with Crippen molar-refractivity contribution in [2.45, 2.75) is 12.8 Å². The van der Waals surface area contributed by atoms with Crippen molar-refractivity contribution in [1.29, 1.82) is 0 Å². The van der Waals surface area contributed by atoms with Crippen LogP contribution in [0.4, 0.5) is 23.0 Å². The average molecular weight is 439 g/mol. The fraction of sp³-hybridized carbons (Fsp3) is 0.312. The Morgan fingerprint density at radius 1 is 1.25 bits per heavy atom. The van der Waals surface area contributed by atoms with Crippen LogP contribution in [0.2, 0.25) is 0 Å². The molecule has 126 valence electrons. The first-order valence-electron chi connectivity index (χ1n) is 7.65. The summed E-state index contributed by atoms with van der Waals surface area (Å²) in [5.74, 6) is 0.198. The van der Waals surface area contributed by atoms with Crippen molar-refractivity contribution >= 4 is 51.6 Å². The van der Waals surface area contributed by atoms with Gasteiger partial charge in [0.2, 0.25) is 0 Å². The van der Waals surface area contributed by atoms with Crippen LogP contribution in [0, 0.1) is 9.49 Å². The Morgan fingerprint density at radius 3 is 2.54 bits per heavy atom. The van der Waals surface area contributed by atoms with Crippen molar-refractivity contribution in [2.75, 3.05) is 29.0 Å². The zero-order chi connectivity index (χ0) is 17.1. The molecular formula is C16H18IN5O2. The Balaban J connectivity index is 1.76. The lowest BCUT2D eigenvalue weighted by Gasteiger charge is -2.31. The van der Waals surface area contributed by atoms with E-state index >= 15 is 0 Å². The number of hydrogen-bond acceptors (Lipinski definition) is 6. The summed E-state index contributed by atoms with van der Waals surface area (Å²) in [4.78, 5) is 21.6. The van der Waals surface area contributed by atoms with Crippen LogP contribution in [0.5, 0.6) is 0 Å². The third-order valence-corrected chi connectivity index (χ3v) is 4.83. The number of halogens is 1. The molecular weight excluding hydrogens is 421 g/mol. The van der Waals surface area contributed by atoms with Crippen molar-refractivity contribution in [3.05, 3.63) is 34.2 Å². The molecule has 0 radical (unpaired) electrons. The smallest absolute Gasteiger partial charge is 0.306 e. The van der Waals surface area contributed by atoms with Gasteiger partial charge in [0.1, 0.15) is 12.0 Å². The fourth-order valence-corrected chi connectivity index (χ4v) is 3.11. The predicted octanol–water partition coefficient (Wildman–Crippen LogP) is 2.71. The molecule has 2 aromatic rings. The number of nitrogens with two attached hydrogens (primary N) is 1. The van der Waals surface area contributed by atoms with E-state index < -0.39 is 5.97 Å². The molecule has 4 N–H and O–H groups in total. The minimum absolute atomic E-state index is 0.284.